The van der Waals surface area contributed by atoms with Crippen LogP contribution >= 0.6 is 0 Å². The van der Waals surface area contributed by atoms with Crippen LogP contribution in [0, 0.1) is 0 Å². The van der Waals surface area contributed by atoms with Crippen molar-refractivity contribution in [2.24, 2.45) is 0 Å². The lowest BCUT2D eigenvalue weighted by Gasteiger charge is -1.87. The molecule has 0 atom stereocenters. The van der Waals surface area contributed by atoms with Gasteiger partial charge in [-0.25, -0.2) is 0 Å². The Labute approximate surface area is 41.5 Å². The molecule has 0 aromatic heterocycles. The molecule has 0 bridgehead atoms. The van der Waals surface area contributed by atoms with E-state index in [1.54, 1.807) is 7.11 Å². The number of hydrogen-bond donors (Lipinski definition) is 0. The lowest BCUT2D eigenvalue weighted by molar-refractivity contribution is 0.251. The molecule has 0 aromatic rings. The first kappa shape index (κ1) is 6.18. The van der Waals surface area contributed by atoms with Crippen LogP contribution in [0.2, 0.25) is 6.04 Å². The van der Waals surface area contributed by atoms with Gasteiger partial charge in [0.1, 0.15) is 0 Å². The molecule has 0 aliphatic carbocycles. The molecule has 0 amide bonds. The predicted molar refractivity (Wildman–Crippen MR) is 28.1 cm³/mol. The number of rotatable bonds is 3. The van der Waals surface area contributed by atoms with Gasteiger partial charge in [0.2, 0.25) is 0 Å². The lowest BCUT2D eigenvalue weighted by Crippen LogP contribution is -1.96. The fourth-order valence-corrected chi connectivity index (χ4v) is 0.612. The molecule has 0 aromatic carbocycles. The molecule has 2 radical (unpaired) electrons. The molecule has 0 unspecified atom stereocenters. The van der Waals surface area contributed by atoms with Crippen molar-refractivity contribution in [1.29, 1.82) is 0 Å². The summed E-state index contributed by atoms with van der Waals surface area (Å²) < 4.78 is 4.79. The zero-order chi connectivity index (χ0) is 4.83. The van der Waals surface area contributed by atoms with Crippen LogP contribution < -0.4 is 0 Å². The largest absolute Gasteiger partial charge is 0.389 e. The summed E-state index contributed by atoms with van der Waals surface area (Å²) in [5.41, 5.74) is 0. The van der Waals surface area contributed by atoms with Gasteiger partial charge in [0.15, 0.2) is 0 Å². The molecule has 0 saturated heterocycles. The molecule has 0 heterocycles. The molecule has 2 heteroatoms. The highest BCUT2D eigenvalue weighted by molar-refractivity contribution is 6.34. The summed E-state index contributed by atoms with van der Waals surface area (Å²) in [5.74, 6) is 0. The Kier molecular flexibility index (Phi) is 5.33. The molecule has 36 valence electrons. The Bertz CT molecular complexity index is 19.5. The minimum Gasteiger partial charge on any atom is -0.389 e. The van der Waals surface area contributed by atoms with E-state index >= 15 is 0 Å². The first-order chi connectivity index (χ1) is 2.91. The number of methoxy groups -OCH3 is 1. The van der Waals surface area contributed by atoms with E-state index < -0.39 is 0 Å². The third-order valence-electron chi connectivity index (χ3n) is 0.496. The van der Waals surface area contributed by atoms with Crippen molar-refractivity contribution in [3.63, 3.8) is 0 Å². The maximum atomic E-state index is 4.79. The smallest absolute Gasteiger partial charge is 0.0730 e. The van der Waals surface area contributed by atoms with Crippen molar-refractivity contribution >= 4 is 9.52 Å². The van der Waals surface area contributed by atoms with Gasteiger partial charge in [0, 0.05) is 13.3 Å². The van der Waals surface area contributed by atoms with E-state index in [9.17, 15) is 0 Å². The van der Waals surface area contributed by atoms with E-state index in [0.717, 1.165) is 15.7 Å². The maximum absolute atomic E-state index is 4.79. The van der Waals surface area contributed by atoms with E-state index in [0.29, 0.717) is 0 Å². The molecule has 0 aliphatic rings. The molecule has 0 spiro atoms. The quantitative estimate of drug-likeness (QED) is 0.377. The normalized spacial score (nSPS) is 9.00. The average Bonchev–Trinajstić information content (AvgIpc) is 1.61. The zero-order valence-corrected chi connectivity index (χ0v) is 5.32. The Morgan fingerprint density at radius 1 is 1.67 bits per heavy atom. The van der Waals surface area contributed by atoms with Crippen LogP contribution in [0.1, 0.15) is 6.92 Å². The Morgan fingerprint density at radius 3 is 2.50 bits per heavy atom. The molecule has 1 nitrogen and oxygen atoms in total. The highest BCUT2D eigenvalue weighted by Crippen LogP contribution is 1.71. The standard InChI is InChI=1S/C4H10OSi/c1-3-6-4-5-2/h3-4H2,1-2H3. The van der Waals surface area contributed by atoms with Crippen molar-refractivity contribution < 1.29 is 4.74 Å². The van der Waals surface area contributed by atoms with E-state index in [4.69, 9.17) is 4.74 Å². The highest BCUT2D eigenvalue weighted by atomic mass is 28.2. The fraction of sp³-hybridized carbons (Fsp3) is 1.00. The molecule has 0 N–H and O–H groups in total. The molecule has 0 fully saturated rings. The second-order valence-electron chi connectivity index (χ2n) is 1.04. The summed E-state index contributed by atoms with van der Waals surface area (Å²) in [7, 11) is 2.73. The van der Waals surface area contributed by atoms with Crippen LogP contribution in [-0.2, 0) is 4.74 Å². The van der Waals surface area contributed by atoms with Gasteiger partial charge < -0.3 is 4.74 Å². The van der Waals surface area contributed by atoms with Gasteiger partial charge in [-0.05, 0) is 0 Å². The third kappa shape index (κ3) is 4.18. The molecular formula is C4H10OSi. The van der Waals surface area contributed by atoms with Crippen molar-refractivity contribution in [2.75, 3.05) is 13.3 Å². The van der Waals surface area contributed by atoms with Crippen LogP contribution in [0.25, 0.3) is 0 Å². The van der Waals surface area contributed by atoms with E-state index in [1.807, 2.05) is 0 Å². The van der Waals surface area contributed by atoms with Gasteiger partial charge in [0.05, 0.1) is 9.52 Å². The van der Waals surface area contributed by atoms with Crippen molar-refractivity contribution in [3.05, 3.63) is 0 Å². The molecule has 0 rings (SSSR count). The third-order valence-corrected chi connectivity index (χ3v) is 1.49. The number of ether oxygens (including phenoxy) is 1. The van der Waals surface area contributed by atoms with E-state index in [1.165, 1.54) is 6.04 Å². The van der Waals surface area contributed by atoms with Crippen LogP contribution in [0.5, 0.6) is 0 Å². The van der Waals surface area contributed by atoms with Gasteiger partial charge in [-0.15, -0.1) is 0 Å². The first-order valence-electron chi connectivity index (χ1n) is 2.11. The fourth-order valence-electron chi connectivity index (χ4n) is 0.204. The molecule has 6 heavy (non-hydrogen) atoms. The second-order valence-corrected chi connectivity index (χ2v) is 2.53. The van der Waals surface area contributed by atoms with Crippen LogP contribution in [0.3, 0.4) is 0 Å². The molecule has 0 saturated carbocycles. The molecular weight excluding hydrogens is 92.1 g/mol. The Hall–Kier alpha value is 0.177. The van der Waals surface area contributed by atoms with Gasteiger partial charge in [-0.1, -0.05) is 13.0 Å². The Morgan fingerprint density at radius 2 is 2.33 bits per heavy atom. The summed E-state index contributed by atoms with van der Waals surface area (Å²) in [5, 5.41) is 0. The highest BCUT2D eigenvalue weighted by Gasteiger charge is 1.77. The van der Waals surface area contributed by atoms with E-state index in [2.05, 4.69) is 6.92 Å². The van der Waals surface area contributed by atoms with Crippen molar-refractivity contribution in [1.82, 2.24) is 0 Å². The van der Waals surface area contributed by atoms with Crippen LogP contribution in [-0.4, -0.2) is 22.9 Å². The summed E-state index contributed by atoms with van der Waals surface area (Å²) in [4.78, 5) is 0. The predicted octanol–water partition coefficient (Wildman–Crippen LogP) is 0.733. The SMILES string of the molecule is CC[Si]COC. The van der Waals surface area contributed by atoms with Gasteiger partial charge in [-0.3, -0.25) is 0 Å². The van der Waals surface area contributed by atoms with Crippen molar-refractivity contribution in [3.8, 4) is 0 Å². The van der Waals surface area contributed by atoms with Gasteiger partial charge in [0.25, 0.3) is 0 Å². The van der Waals surface area contributed by atoms with Gasteiger partial charge in [-0.2, -0.15) is 0 Å². The number of hydrogen-bond acceptors (Lipinski definition) is 1. The van der Waals surface area contributed by atoms with Crippen molar-refractivity contribution in [2.45, 2.75) is 13.0 Å². The minimum atomic E-state index is 0.941. The van der Waals surface area contributed by atoms with E-state index in [-0.39, 0.29) is 0 Å². The van der Waals surface area contributed by atoms with Crippen LogP contribution in [0.15, 0.2) is 0 Å². The summed E-state index contributed by atoms with van der Waals surface area (Å²) in [6.45, 7) is 2.16. The van der Waals surface area contributed by atoms with Gasteiger partial charge >= 0.3 is 0 Å². The monoisotopic (exact) mass is 102 g/mol. The Balaban J connectivity index is 2.34. The topological polar surface area (TPSA) is 9.23 Å². The summed E-state index contributed by atoms with van der Waals surface area (Å²) in [6, 6.07) is 1.26. The average molecular weight is 102 g/mol. The minimum absolute atomic E-state index is 0.941. The van der Waals surface area contributed by atoms with Crippen LogP contribution in [0.4, 0.5) is 0 Å². The maximum Gasteiger partial charge on any atom is 0.0730 e. The first-order valence-corrected chi connectivity index (χ1v) is 3.53. The second kappa shape index (κ2) is 5.18. The molecule has 0 aliphatic heterocycles. The lowest BCUT2D eigenvalue weighted by atomic mass is 11.0. The summed E-state index contributed by atoms with van der Waals surface area (Å²) >= 11 is 0. The zero-order valence-electron chi connectivity index (χ0n) is 4.32. The summed E-state index contributed by atoms with van der Waals surface area (Å²) in [6.07, 6.45) is 0.941.